The Kier molecular flexibility index (Phi) is 5.66. The highest BCUT2D eigenvalue weighted by molar-refractivity contribution is 5.90. The number of aryl methyl sites for hydroxylation is 1. The number of carbonyl (C=O) groups is 1. The summed E-state index contributed by atoms with van der Waals surface area (Å²) in [6.45, 7) is 5.32. The van der Waals surface area contributed by atoms with Crippen molar-refractivity contribution in [3.63, 3.8) is 0 Å². The number of likely N-dealkylation sites (tertiary alicyclic amines) is 1. The Morgan fingerprint density at radius 1 is 1.23 bits per heavy atom. The zero-order chi connectivity index (χ0) is 18.5. The van der Waals surface area contributed by atoms with E-state index in [4.69, 9.17) is 9.47 Å². The summed E-state index contributed by atoms with van der Waals surface area (Å²) in [6.07, 6.45) is 2.00. The van der Waals surface area contributed by atoms with Gasteiger partial charge in [-0.25, -0.2) is 4.79 Å². The van der Waals surface area contributed by atoms with E-state index in [9.17, 15) is 4.79 Å². The molecule has 0 aliphatic carbocycles. The molecular formula is C21H26N2O3. The van der Waals surface area contributed by atoms with Gasteiger partial charge >= 0.3 is 6.03 Å². The zero-order valence-corrected chi connectivity index (χ0v) is 15.6. The predicted molar refractivity (Wildman–Crippen MR) is 103 cm³/mol. The van der Waals surface area contributed by atoms with Gasteiger partial charge in [0.1, 0.15) is 0 Å². The van der Waals surface area contributed by atoms with Gasteiger partial charge in [-0.1, -0.05) is 24.3 Å². The summed E-state index contributed by atoms with van der Waals surface area (Å²) in [4.78, 5) is 14.8. The lowest BCUT2D eigenvalue weighted by atomic mass is 9.99. The SMILES string of the molecule is CCOc1cc(NC(=O)N2CCCC2c2ccccc2C)ccc1OC. The van der Waals surface area contributed by atoms with E-state index in [1.807, 2.05) is 36.1 Å². The molecule has 1 aliphatic rings. The molecular weight excluding hydrogens is 328 g/mol. The molecule has 0 spiro atoms. The van der Waals surface area contributed by atoms with Crippen LogP contribution in [0.3, 0.4) is 0 Å². The summed E-state index contributed by atoms with van der Waals surface area (Å²) in [5.74, 6) is 1.29. The molecule has 1 heterocycles. The van der Waals surface area contributed by atoms with E-state index < -0.39 is 0 Å². The molecule has 26 heavy (non-hydrogen) atoms. The third-order valence-electron chi connectivity index (χ3n) is 4.78. The van der Waals surface area contributed by atoms with E-state index >= 15 is 0 Å². The number of anilines is 1. The van der Waals surface area contributed by atoms with Crippen LogP contribution >= 0.6 is 0 Å². The molecule has 1 aliphatic heterocycles. The van der Waals surface area contributed by atoms with E-state index in [1.165, 1.54) is 11.1 Å². The Labute approximate surface area is 154 Å². The average molecular weight is 354 g/mol. The lowest BCUT2D eigenvalue weighted by Crippen LogP contribution is -2.34. The van der Waals surface area contributed by atoms with E-state index in [-0.39, 0.29) is 12.1 Å². The lowest BCUT2D eigenvalue weighted by Gasteiger charge is -2.26. The molecule has 0 radical (unpaired) electrons. The number of amides is 2. The monoisotopic (exact) mass is 354 g/mol. The number of carbonyl (C=O) groups excluding carboxylic acids is 1. The highest BCUT2D eigenvalue weighted by Gasteiger charge is 2.30. The maximum absolute atomic E-state index is 12.9. The van der Waals surface area contributed by atoms with Crippen molar-refractivity contribution in [2.75, 3.05) is 25.6 Å². The van der Waals surface area contributed by atoms with Crippen molar-refractivity contribution < 1.29 is 14.3 Å². The Balaban J connectivity index is 1.77. The second-order valence-corrected chi connectivity index (χ2v) is 6.44. The molecule has 5 heteroatoms. The van der Waals surface area contributed by atoms with Crippen molar-refractivity contribution >= 4 is 11.7 Å². The first kappa shape index (κ1) is 18.1. The number of rotatable bonds is 5. The van der Waals surface area contributed by atoms with Gasteiger partial charge in [0.05, 0.1) is 19.8 Å². The Morgan fingerprint density at radius 3 is 2.77 bits per heavy atom. The molecule has 3 rings (SSSR count). The number of benzene rings is 2. The van der Waals surface area contributed by atoms with E-state index in [1.54, 1.807) is 13.2 Å². The molecule has 2 amide bonds. The van der Waals surface area contributed by atoms with Gasteiger partial charge in [0.25, 0.3) is 0 Å². The van der Waals surface area contributed by atoms with E-state index in [0.717, 1.165) is 19.4 Å². The first-order valence-electron chi connectivity index (χ1n) is 9.08. The normalized spacial score (nSPS) is 16.4. The molecule has 1 atom stereocenters. The maximum atomic E-state index is 12.9. The van der Waals surface area contributed by atoms with Crippen molar-refractivity contribution in [1.82, 2.24) is 4.90 Å². The van der Waals surface area contributed by atoms with Crippen LogP contribution in [-0.2, 0) is 0 Å². The van der Waals surface area contributed by atoms with Gasteiger partial charge in [-0.15, -0.1) is 0 Å². The van der Waals surface area contributed by atoms with Crippen LogP contribution in [0.4, 0.5) is 10.5 Å². The molecule has 2 aromatic rings. The van der Waals surface area contributed by atoms with Crippen LogP contribution < -0.4 is 14.8 Å². The molecule has 1 unspecified atom stereocenters. The fourth-order valence-corrected chi connectivity index (χ4v) is 3.51. The summed E-state index contributed by atoms with van der Waals surface area (Å²) in [5.41, 5.74) is 3.15. The summed E-state index contributed by atoms with van der Waals surface area (Å²) in [7, 11) is 1.60. The molecule has 1 saturated heterocycles. The van der Waals surface area contributed by atoms with Crippen LogP contribution in [0, 0.1) is 6.92 Å². The first-order chi connectivity index (χ1) is 12.6. The zero-order valence-electron chi connectivity index (χ0n) is 15.6. The highest BCUT2D eigenvalue weighted by Crippen LogP contribution is 2.35. The van der Waals surface area contributed by atoms with Gasteiger partial charge in [0.2, 0.25) is 0 Å². The number of ether oxygens (including phenoxy) is 2. The largest absolute Gasteiger partial charge is 0.493 e. The average Bonchev–Trinajstić information content (AvgIpc) is 3.12. The van der Waals surface area contributed by atoms with Crippen LogP contribution in [0.15, 0.2) is 42.5 Å². The van der Waals surface area contributed by atoms with E-state index in [2.05, 4.69) is 24.4 Å². The van der Waals surface area contributed by atoms with Crippen molar-refractivity contribution in [2.45, 2.75) is 32.7 Å². The van der Waals surface area contributed by atoms with E-state index in [0.29, 0.717) is 23.8 Å². The Bertz CT molecular complexity index is 776. The van der Waals surface area contributed by atoms with Gasteiger partial charge in [0, 0.05) is 18.3 Å². The number of methoxy groups -OCH3 is 1. The molecule has 1 fully saturated rings. The van der Waals surface area contributed by atoms with Gasteiger partial charge in [0.15, 0.2) is 11.5 Å². The van der Waals surface area contributed by atoms with Crippen LogP contribution in [0.25, 0.3) is 0 Å². The number of hydrogen-bond donors (Lipinski definition) is 1. The minimum Gasteiger partial charge on any atom is -0.493 e. The molecule has 0 saturated carbocycles. The summed E-state index contributed by atoms with van der Waals surface area (Å²) < 4.78 is 10.9. The Morgan fingerprint density at radius 2 is 2.04 bits per heavy atom. The van der Waals surface area contributed by atoms with Crippen LogP contribution in [0.2, 0.25) is 0 Å². The van der Waals surface area contributed by atoms with Crippen molar-refractivity contribution in [1.29, 1.82) is 0 Å². The summed E-state index contributed by atoms with van der Waals surface area (Å²) >= 11 is 0. The molecule has 1 N–H and O–H groups in total. The third-order valence-corrected chi connectivity index (χ3v) is 4.78. The smallest absolute Gasteiger partial charge is 0.322 e. The molecule has 2 aromatic carbocycles. The van der Waals surface area contributed by atoms with Crippen molar-refractivity contribution in [3.8, 4) is 11.5 Å². The molecule has 138 valence electrons. The molecule has 0 aromatic heterocycles. The maximum Gasteiger partial charge on any atom is 0.322 e. The van der Waals surface area contributed by atoms with Gasteiger partial charge in [-0.2, -0.15) is 0 Å². The van der Waals surface area contributed by atoms with Gasteiger partial charge in [-0.3, -0.25) is 0 Å². The topological polar surface area (TPSA) is 50.8 Å². The quantitative estimate of drug-likeness (QED) is 0.841. The highest BCUT2D eigenvalue weighted by atomic mass is 16.5. The second kappa shape index (κ2) is 8.13. The van der Waals surface area contributed by atoms with Crippen molar-refractivity contribution in [3.05, 3.63) is 53.6 Å². The number of nitrogens with zero attached hydrogens (tertiary/aromatic N) is 1. The standard InChI is InChI=1S/C21H26N2O3/c1-4-26-20-14-16(11-12-19(20)25-3)22-21(24)23-13-7-10-18(23)17-9-6-5-8-15(17)2/h5-6,8-9,11-12,14,18H,4,7,10,13H2,1-3H3,(H,22,24). The van der Waals surface area contributed by atoms with Crippen LogP contribution in [0.1, 0.15) is 36.9 Å². The molecule has 5 nitrogen and oxygen atoms in total. The van der Waals surface area contributed by atoms with Gasteiger partial charge in [-0.05, 0) is 49.9 Å². The number of urea groups is 1. The summed E-state index contributed by atoms with van der Waals surface area (Å²) in [6, 6.07) is 13.8. The lowest BCUT2D eigenvalue weighted by molar-refractivity contribution is 0.207. The number of hydrogen-bond acceptors (Lipinski definition) is 3. The fourth-order valence-electron chi connectivity index (χ4n) is 3.51. The Hall–Kier alpha value is -2.69. The van der Waals surface area contributed by atoms with Crippen LogP contribution in [0.5, 0.6) is 11.5 Å². The second-order valence-electron chi connectivity index (χ2n) is 6.44. The predicted octanol–water partition coefficient (Wildman–Crippen LogP) is 4.77. The number of nitrogens with one attached hydrogen (secondary N) is 1. The van der Waals surface area contributed by atoms with Crippen molar-refractivity contribution in [2.24, 2.45) is 0 Å². The van der Waals surface area contributed by atoms with Gasteiger partial charge < -0.3 is 19.7 Å². The minimum absolute atomic E-state index is 0.0802. The minimum atomic E-state index is -0.0802. The van der Waals surface area contributed by atoms with Crippen LogP contribution in [-0.4, -0.2) is 31.2 Å². The molecule has 0 bridgehead atoms. The first-order valence-corrected chi connectivity index (χ1v) is 9.08. The summed E-state index contributed by atoms with van der Waals surface area (Å²) in [5, 5.41) is 3.00. The fraction of sp³-hybridized carbons (Fsp3) is 0.381. The third kappa shape index (κ3) is 3.77.